The Labute approximate surface area is 155 Å². The van der Waals surface area contributed by atoms with Crippen molar-refractivity contribution in [2.45, 2.75) is 38.5 Å². The number of aliphatic hydroxyl groups is 1. The summed E-state index contributed by atoms with van der Waals surface area (Å²) in [6, 6.07) is 8.42. The van der Waals surface area contributed by atoms with Gasteiger partial charge in [-0.3, -0.25) is 4.90 Å². The topological polar surface area (TPSA) is 36.6 Å². The van der Waals surface area contributed by atoms with Crippen LogP contribution < -0.4 is 9.30 Å². The summed E-state index contributed by atoms with van der Waals surface area (Å²) in [5.74, 6) is 2.06. The lowest BCUT2D eigenvalue weighted by molar-refractivity contribution is -0.667. The predicted molar refractivity (Wildman–Crippen MR) is 103 cm³/mol. The Bertz CT molecular complexity index is 819. The van der Waals surface area contributed by atoms with Crippen LogP contribution in [0.1, 0.15) is 31.4 Å². The summed E-state index contributed by atoms with van der Waals surface area (Å²) < 4.78 is 7.66. The van der Waals surface area contributed by atoms with Gasteiger partial charge in [0.25, 0.3) is 0 Å². The molecular formula is C22H29N2O2+. The van der Waals surface area contributed by atoms with Crippen molar-refractivity contribution in [3.8, 4) is 5.75 Å². The average Bonchev–Trinajstić information content (AvgIpc) is 2.72. The van der Waals surface area contributed by atoms with Crippen molar-refractivity contribution in [3.63, 3.8) is 0 Å². The molecule has 4 heteroatoms. The second-order valence-electron chi connectivity index (χ2n) is 7.63. The lowest BCUT2D eigenvalue weighted by atomic mass is 9.73. The molecule has 4 nitrogen and oxygen atoms in total. The smallest absolute Gasteiger partial charge is 0.213 e. The number of rotatable bonds is 5. The number of aromatic nitrogens is 1. The Morgan fingerprint density at radius 2 is 2.27 bits per heavy atom. The molecule has 5 rings (SSSR count). The van der Waals surface area contributed by atoms with E-state index in [9.17, 15) is 5.11 Å². The predicted octanol–water partition coefficient (Wildman–Crippen LogP) is 3.09. The van der Waals surface area contributed by atoms with Crippen LogP contribution in [0.3, 0.4) is 0 Å². The van der Waals surface area contributed by atoms with E-state index in [0.717, 1.165) is 48.3 Å². The van der Waals surface area contributed by atoms with Gasteiger partial charge >= 0.3 is 0 Å². The fourth-order valence-corrected chi connectivity index (χ4v) is 4.91. The number of aliphatic hydroxyl groups excluding tert-OH is 1. The summed E-state index contributed by atoms with van der Waals surface area (Å²) in [4.78, 5) is 2.46. The highest BCUT2D eigenvalue weighted by atomic mass is 16.5. The monoisotopic (exact) mass is 353 g/mol. The molecule has 0 radical (unpaired) electrons. The van der Waals surface area contributed by atoms with E-state index in [-0.39, 0.29) is 6.04 Å². The van der Waals surface area contributed by atoms with Crippen LogP contribution in [0.15, 0.2) is 43.1 Å². The number of nitrogens with zero attached hydrogens (tertiary/aromatic N) is 2. The maximum Gasteiger partial charge on any atom is 0.213 e. The number of methoxy groups -OCH3 is 1. The molecular weight excluding hydrogens is 324 g/mol. The number of hydrogen-bond donors (Lipinski definition) is 1. The number of piperidine rings is 3. The molecule has 1 aromatic heterocycles. The minimum atomic E-state index is -0.482. The fourth-order valence-electron chi connectivity index (χ4n) is 4.91. The third-order valence-electron chi connectivity index (χ3n) is 6.44. The molecule has 0 spiro atoms. The van der Waals surface area contributed by atoms with Crippen LogP contribution in [-0.4, -0.2) is 36.2 Å². The maximum absolute atomic E-state index is 11.3. The quantitative estimate of drug-likeness (QED) is 0.663. The van der Waals surface area contributed by atoms with Crippen molar-refractivity contribution in [3.05, 3.63) is 48.7 Å². The van der Waals surface area contributed by atoms with Crippen LogP contribution in [0.25, 0.3) is 10.9 Å². The molecule has 0 amide bonds. The molecule has 0 aliphatic carbocycles. The van der Waals surface area contributed by atoms with Crippen molar-refractivity contribution in [1.29, 1.82) is 0 Å². The third-order valence-corrected chi connectivity index (χ3v) is 6.44. The summed E-state index contributed by atoms with van der Waals surface area (Å²) >= 11 is 0. The molecule has 26 heavy (non-hydrogen) atoms. The summed E-state index contributed by atoms with van der Waals surface area (Å²) in [6.45, 7) is 9.15. The number of hydrogen-bond acceptors (Lipinski definition) is 3. The van der Waals surface area contributed by atoms with E-state index in [1.54, 1.807) is 7.11 Å². The Hall–Kier alpha value is -1.91. The highest BCUT2D eigenvalue weighted by Crippen LogP contribution is 2.42. The number of aryl methyl sites for hydroxylation is 1. The van der Waals surface area contributed by atoms with Gasteiger partial charge in [0.1, 0.15) is 12.3 Å². The molecule has 2 bridgehead atoms. The highest BCUT2D eigenvalue weighted by molar-refractivity contribution is 5.81. The Balaban J connectivity index is 1.73. The van der Waals surface area contributed by atoms with E-state index < -0.39 is 6.10 Å². The molecule has 2 aromatic rings. The van der Waals surface area contributed by atoms with E-state index in [1.807, 2.05) is 6.07 Å². The average molecular weight is 353 g/mol. The molecule has 138 valence electrons. The lowest BCUT2D eigenvalue weighted by Gasteiger charge is -2.50. The molecule has 1 aromatic carbocycles. The van der Waals surface area contributed by atoms with Crippen LogP contribution in [0.5, 0.6) is 5.75 Å². The summed E-state index contributed by atoms with van der Waals surface area (Å²) in [5, 5.41) is 12.4. The van der Waals surface area contributed by atoms with E-state index in [2.05, 4.69) is 53.4 Å². The van der Waals surface area contributed by atoms with Gasteiger partial charge in [-0.05, 0) is 50.3 Å². The summed E-state index contributed by atoms with van der Waals surface area (Å²) in [5.41, 5.74) is 2.15. The minimum Gasteiger partial charge on any atom is -0.497 e. The first-order valence-electron chi connectivity index (χ1n) is 9.71. The second-order valence-corrected chi connectivity index (χ2v) is 7.63. The Kier molecular flexibility index (Phi) is 4.72. The van der Waals surface area contributed by atoms with Crippen molar-refractivity contribution in [2.75, 3.05) is 20.2 Å². The molecule has 0 saturated carbocycles. The number of fused-ring (bicyclic) bond motifs is 4. The van der Waals surface area contributed by atoms with Gasteiger partial charge in [-0.15, -0.1) is 6.58 Å². The summed E-state index contributed by atoms with van der Waals surface area (Å²) in [6.07, 6.45) is 5.98. The Morgan fingerprint density at radius 1 is 1.42 bits per heavy atom. The van der Waals surface area contributed by atoms with E-state index in [0.29, 0.717) is 11.8 Å². The first-order valence-corrected chi connectivity index (χ1v) is 9.71. The van der Waals surface area contributed by atoms with Crippen molar-refractivity contribution >= 4 is 10.9 Å². The van der Waals surface area contributed by atoms with Crippen LogP contribution in [0.4, 0.5) is 0 Å². The van der Waals surface area contributed by atoms with Crippen LogP contribution in [0.2, 0.25) is 0 Å². The maximum atomic E-state index is 11.3. The van der Waals surface area contributed by atoms with Gasteiger partial charge < -0.3 is 9.84 Å². The molecule has 3 fully saturated rings. The van der Waals surface area contributed by atoms with Crippen LogP contribution >= 0.6 is 0 Å². The zero-order valence-corrected chi connectivity index (χ0v) is 15.8. The Morgan fingerprint density at radius 3 is 2.92 bits per heavy atom. The van der Waals surface area contributed by atoms with Crippen molar-refractivity contribution in [1.82, 2.24) is 4.90 Å². The minimum absolute atomic E-state index is 0.192. The van der Waals surface area contributed by atoms with Gasteiger partial charge in [-0.25, -0.2) is 0 Å². The molecule has 3 aliphatic rings. The third kappa shape index (κ3) is 2.81. The van der Waals surface area contributed by atoms with E-state index in [1.165, 1.54) is 6.42 Å². The SMILES string of the molecule is C=CC1CN2CCC1CC2C(O)c1cc[n+](CC)c2ccc(OC)cc12. The molecule has 5 unspecified atom stereocenters. The zero-order valence-electron chi connectivity index (χ0n) is 15.8. The normalized spacial score (nSPS) is 28.9. The standard InChI is InChI=1S/C22H29N2O2/c1-4-15-14-24-10-8-16(15)12-21(24)22(25)18-9-11-23(5-2)20-7-6-17(26-3)13-19(18)20/h4,6-7,9,11,13,15-16,21-22,25H,1,5,8,10,12,14H2,2-3H3/q+1. The number of benzene rings is 1. The molecule has 5 atom stereocenters. The first kappa shape index (κ1) is 17.5. The molecule has 3 aliphatic heterocycles. The highest BCUT2D eigenvalue weighted by Gasteiger charge is 2.42. The van der Waals surface area contributed by atoms with Crippen molar-refractivity contribution < 1.29 is 14.4 Å². The number of pyridine rings is 1. The molecule has 3 saturated heterocycles. The van der Waals surface area contributed by atoms with Gasteiger partial charge in [0, 0.05) is 30.3 Å². The van der Waals surface area contributed by atoms with Gasteiger partial charge in [0.2, 0.25) is 5.52 Å². The van der Waals surface area contributed by atoms with E-state index in [4.69, 9.17) is 4.74 Å². The van der Waals surface area contributed by atoms with Crippen molar-refractivity contribution in [2.24, 2.45) is 11.8 Å². The van der Waals surface area contributed by atoms with Gasteiger partial charge in [0.15, 0.2) is 6.20 Å². The lowest BCUT2D eigenvalue weighted by Crippen LogP contribution is -2.54. The first-order chi connectivity index (χ1) is 12.7. The zero-order chi connectivity index (χ0) is 18.3. The van der Waals surface area contributed by atoms with Gasteiger partial charge in [-0.1, -0.05) is 6.08 Å². The summed E-state index contributed by atoms with van der Waals surface area (Å²) in [7, 11) is 1.69. The van der Waals surface area contributed by atoms with Crippen LogP contribution in [-0.2, 0) is 6.54 Å². The van der Waals surface area contributed by atoms with Gasteiger partial charge in [0.05, 0.1) is 18.6 Å². The molecule has 4 heterocycles. The van der Waals surface area contributed by atoms with Gasteiger partial charge in [-0.2, -0.15) is 4.57 Å². The largest absolute Gasteiger partial charge is 0.497 e. The molecule has 1 N–H and O–H groups in total. The van der Waals surface area contributed by atoms with E-state index >= 15 is 0 Å². The van der Waals surface area contributed by atoms with Crippen LogP contribution in [0, 0.1) is 11.8 Å². The second kappa shape index (κ2) is 7.01. The number of ether oxygens (including phenoxy) is 1. The fraction of sp³-hybridized carbons (Fsp3) is 0.500.